The van der Waals surface area contributed by atoms with Gasteiger partial charge in [0.05, 0.1) is 16.1 Å². The Bertz CT molecular complexity index is 908. The number of rotatable bonds is 3. The second-order valence-electron chi connectivity index (χ2n) is 5.92. The van der Waals surface area contributed by atoms with Crippen molar-refractivity contribution in [3.05, 3.63) is 57.9 Å². The summed E-state index contributed by atoms with van der Waals surface area (Å²) in [6.07, 6.45) is -4.78. The normalized spacial score (nSPS) is 12.3. The molecule has 0 aliphatic heterocycles. The predicted octanol–water partition coefficient (Wildman–Crippen LogP) is 4.88. The number of aryl methyl sites for hydroxylation is 2. The molecule has 1 N–H and O–H groups in total. The van der Waals surface area contributed by atoms with E-state index in [9.17, 15) is 26.0 Å². The van der Waals surface area contributed by atoms with Gasteiger partial charge in [-0.25, -0.2) is 12.8 Å². The summed E-state index contributed by atoms with van der Waals surface area (Å²) >= 11 is 0. The molecule has 0 aliphatic carbocycles. The van der Waals surface area contributed by atoms with E-state index in [1.165, 1.54) is 0 Å². The predicted molar refractivity (Wildman–Crippen MR) is 87.6 cm³/mol. The minimum atomic E-state index is -4.78. The van der Waals surface area contributed by atoms with Crippen LogP contribution in [0, 0.1) is 33.5 Å². The topological polar surface area (TPSA) is 46.2 Å². The highest BCUT2D eigenvalue weighted by molar-refractivity contribution is 7.92. The zero-order chi connectivity index (χ0) is 19.2. The van der Waals surface area contributed by atoms with E-state index in [2.05, 4.69) is 4.72 Å². The van der Waals surface area contributed by atoms with Gasteiger partial charge in [0.1, 0.15) is 5.82 Å². The van der Waals surface area contributed by atoms with Crippen molar-refractivity contribution in [2.24, 2.45) is 0 Å². The highest BCUT2D eigenvalue weighted by Gasteiger charge is 2.32. The van der Waals surface area contributed by atoms with Gasteiger partial charge in [-0.15, -0.1) is 0 Å². The van der Waals surface area contributed by atoms with E-state index in [0.29, 0.717) is 29.3 Å². The number of halogens is 4. The number of alkyl halides is 3. The molecule has 3 nitrogen and oxygen atoms in total. The second-order valence-corrected chi connectivity index (χ2v) is 7.54. The SMILES string of the molecule is Cc1cc(C)c(C)c(S(=O)(=O)Nc2cc(F)cc(C(F)(F)F)c2)c1C. The van der Waals surface area contributed by atoms with Gasteiger partial charge < -0.3 is 0 Å². The molecule has 0 atom stereocenters. The van der Waals surface area contributed by atoms with Crippen LogP contribution < -0.4 is 4.72 Å². The fraction of sp³-hybridized carbons (Fsp3) is 0.294. The van der Waals surface area contributed by atoms with Crippen molar-refractivity contribution in [1.29, 1.82) is 0 Å². The molecular weight excluding hydrogens is 358 g/mol. The van der Waals surface area contributed by atoms with Gasteiger partial charge in [-0.1, -0.05) is 6.07 Å². The average Bonchev–Trinajstić information content (AvgIpc) is 2.43. The Hall–Kier alpha value is -2.09. The first-order chi connectivity index (χ1) is 11.3. The molecule has 25 heavy (non-hydrogen) atoms. The van der Waals surface area contributed by atoms with Gasteiger partial charge in [0.25, 0.3) is 10.0 Å². The Kier molecular flexibility index (Phi) is 4.87. The lowest BCUT2D eigenvalue weighted by molar-refractivity contribution is -0.137. The van der Waals surface area contributed by atoms with Crippen LogP contribution in [0.4, 0.5) is 23.2 Å². The standard InChI is InChI=1S/C17H17F4NO2S/c1-9-5-10(2)12(4)16(11(9)3)25(23,24)22-15-7-13(17(19,20)21)6-14(18)8-15/h5-8,22H,1-4H3. The number of nitrogens with one attached hydrogen (secondary N) is 1. The molecule has 2 rings (SSSR count). The van der Waals surface area contributed by atoms with Crippen molar-refractivity contribution < 1.29 is 26.0 Å². The van der Waals surface area contributed by atoms with Crippen LogP contribution in [-0.4, -0.2) is 8.42 Å². The van der Waals surface area contributed by atoms with Crippen LogP contribution in [0.2, 0.25) is 0 Å². The van der Waals surface area contributed by atoms with Crippen molar-refractivity contribution in [3.63, 3.8) is 0 Å². The van der Waals surface area contributed by atoms with Gasteiger partial charge in [-0.3, -0.25) is 4.72 Å². The Balaban J connectivity index is 2.57. The lowest BCUT2D eigenvalue weighted by Crippen LogP contribution is -2.18. The monoisotopic (exact) mass is 375 g/mol. The molecule has 0 heterocycles. The average molecular weight is 375 g/mol. The molecule has 0 spiro atoms. The zero-order valence-corrected chi connectivity index (χ0v) is 14.9. The maximum Gasteiger partial charge on any atom is 0.416 e. The van der Waals surface area contributed by atoms with Crippen LogP contribution in [0.5, 0.6) is 0 Å². The molecule has 0 unspecified atom stereocenters. The maximum absolute atomic E-state index is 13.5. The van der Waals surface area contributed by atoms with E-state index in [1.54, 1.807) is 27.7 Å². The molecule has 0 amide bonds. The van der Waals surface area contributed by atoms with Crippen molar-refractivity contribution >= 4 is 15.7 Å². The van der Waals surface area contributed by atoms with Crippen molar-refractivity contribution in [3.8, 4) is 0 Å². The van der Waals surface area contributed by atoms with Crippen LogP contribution in [-0.2, 0) is 16.2 Å². The van der Waals surface area contributed by atoms with E-state index in [-0.39, 0.29) is 4.90 Å². The Morgan fingerprint density at radius 2 is 1.40 bits per heavy atom. The third-order valence-electron chi connectivity index (χ3n) is 4.04. The third kappa shape index (κ3) is 3.95. The van der Waals surface area contributed by atoms with Crippen LogP contribution in [0.15, 0.2) is 29.2 Å². The summed E-state index contributed by atoms with van der Waals surface area (Å²) in [6, 6.07) is 3.41. The minimum absolute atomic E-state index is 0.0113. The molecule has 0 aromatic heterocycles. The zero-order valence-electron chi connectivity index (χ0n) is 14.0. The van der Waals surface area contributed by atoms with Crippen molar-refractivity contribution in [2.45, 2.75) is 38.8 Å². The number of sulfonamides is 1. The van der Waals surface area contributed by atoms with E-state index >= 15 is 0 Å². The highest BCUT2D eigenvalue weighted by Crippen LogP contribution is 2.33. The molecule has 0 aliphatic rings. The second kappa shape index (κ2) is 6.33. The van der Waals surface area contributed by atoms with Crippen LogP contribution >= 0.6 is 0 Å². The van der Waals surface area contributed by atoms with Crippen molar-refractivity contribution in [2.75, 3.05) is 4.72 Å². The molecule has 136 valence electrons. The highest BCUT2D eigenvalue weighted by atomic mass is 32.2. The summed E-state index contributed by atoms with van der Waals surface area (Å²) in [5, 5.41) is 0. The van der Waals surface area contributed by atoms with E-state index in [1.807, 2.05) is 6.07 Å². The van der Waals surface area contributed by atoms with Gasteiger partial charge in [-0.2, -0.15) is 13.2 Å². The molecule has 8 heteroatoms. The van der Waals surface area contributed by atoms with Crippen LogP contribution in [0.25, 0.3) is 0 Å². The first-order valence-corrected chi connectivity index (χ1v) is 8.79. The van der Waals surface area contributed by atoms with Crippen LogP contribution in [0.1, 0.15) is 27.8 Å². The lowest BCUT2D eigenvalue weighted by atomic mass is 10.0. The summed E-state index contributed by atoms with van der Waals surface area (Å²) in [5.41, 5.74) is 0.702. The Morgan fingerprint density at radius 3 is 1.88 bits per heavy atom. The number of hydrogen-bond donors (Lipinski definition) is 1. The van der Waals surface area contributed by atoms with Gasteiger partial charge in [0.2, 0.25) is 0 Å². The van der Waals surface area contributed by atoms with Crippen LogP contribution in [0.3, 0.4) is 0 Å². The Morgan fingerprint density at radius 1 is 0.880 bits per heavy atom. The molecule has 0 saturated carbocycles. The van der Waals surface area contributed by atoms with E-state index in [4.69, 9.17) is 0 Å². The largest absolute Gasteiger partial charge is 0.416 e. The van der Waals surface area contributed by atoms with Crippen molar-refractivity contribution in [1.82, 2.24) is 0 Å². The summed E-state index contributed by atoms with van der Waals surface area (Å²) in [7, 11) is -4.18. The van der Waals surface area contributed by atoms with Gasteiger partial charge in [-0.05, 0) is 68.1 Å². The Labute approximate surface area is 143 Å². The van der Waals surface area contributed by atoms with E-state index in [0.717, 1.165) is 11.1 Å². The molecule has 2 aromatic rings. The molecule has 0 radical (unpaired) electrons. The minimum Gasteiger partial charge on any atom is -0.279 e. The smallest absolute Gasteiger partial charge is 0.279 e. The molecule has 2 aromatic carbocycles. The number of hydrogen-bond acceptors (Lipinski definition) is 2. The summed E-state index contributed by atoms with van der Waals surface area (Å²) in [5.74, 6) is -1.18. The van der Waals surface area contributed by atoms with Gasteiger partial charge in [0.15, 0.2) is 0 Å². The van der Waals surface area contributed by atoms with E-state index < -0.39 is 33.3 Å². The summed E-state index contributed by atoms with van der Waals surface area (Å²) in [6.45, 7) is 6.71. The molecule has 0 bridgehead atoms. The summed E-state index contributed by atoms with van der Waals surface area (Å²) < 4.78 is 79.3. The first kappa shape index (κ1) is 19.2. The van der Waals surface area contributed by atoms with Gasteiger partial charge >= 0.3 is 6.18 Å². The third-order valence-corrected chi connectivity index (χ3v) is 5.70. The maximum atomic E-state index is 13.5. The fourth-order valence-electron chi connectivity index (χ4n) is 2.60. The first-order valence-electron chi connectivity index (χ1n) is 7.31. The fourth-order valence-corrected chi connectivity index (χ4v) is 4.26. The number of anilines is 1. The molecule has 0 fully saturated rings. The quantitative estimate of drug-likeness (QED) is 0.778. The molecule has 0 saturated heterocycles. The van der Waals surface area contributed by atoms with Gasteiger partial charge in [0, 0.05) is 0 Å². The summed E-state index contributed by atoms with van der Waals surface area (Å²) in [4.78, 5) is -0.0113. The number of benzene rings is 2. The molecular formula is C17H17F4NO2S. The lowest BCUT2D eigenvalue weighted by Gasteiger charge is -2.17.